The number of rotatable bonds is 6. The van der Waals surface area contributed by atoms with Crippen LogP contribution in [0.4, 0.5) is 18.9 Å². The molecule has 0 bridgehead atoms. The lowest BCUT2D eigenvalue weighted by molar-refractivity contribution is -0.137. The van der Waals surface area contributed by atoms with Crippen molar-refractivity contribution in [2.75, 3.05) is 31.1 Å². The highest BCUT2D eigenvalue weighted by molar-refractivity contribution is 5.78. The number of halogens is 3. The van der Waals surface area contributed by atoms with Crippen molar-refractivity contribution in [3.8, 4) is 0 Å². The van der Waals surface area contributed by atoms with Crippen molar-refractivity contribution in [3.63, 3.8) is 0 Å². The topological polar surface area (TPSA) is 58.4 Å². The van der Waals surface area contributed by atoms with Gasteiger partial charge in [-0.15, -0.1) is 6.58 Å². The summed E-state index contributed by atoms with van der Waals surface area (Å²) in [5.41, 5.74) is 0.282. The number of piperazine rings is 1. The molecule has 2 heterocycles. The van der Waals surface area contributed by atoms with Gasteiger partial charge >= 0.3 is 6.18 Å². The number of anilines is 1. The minimum atomic E-state index is -4.52. The van der Waals surface area contributed by atoms with Gasteiger partial charge < -0.3 is 14.4 Å². The maximum atomic E-state index is 13.2. The zero-order valence-corrected chi connectivity index (χ0v) is 18.6. The van der Waals surface area contributed by atoms with Gasteiger partial charge in [0.15, 0.2) is 0 Å². The molecule has 3 aromatic rings. The molecule has 1 fully saturated rings. The van der Waals surface area contributed by atoms with E-state index in [4.69, 9.17) is 0 Å². The number of fused-ring (bicyclic) bond motifs is 1. The van der Waals surface area contributed by atoms with E-state index in [1.165, 1.54) is 16.7 Å². The number of hydrogen-bond acceptors (Lipinski definition) is 4. The summed E-state index contributed by atoms with van der Waals surface area (Å²) in [6.07, 6.45) is -2.90. The predicted molar refractivity (Wildman–Crippen MR) is 125 cm³/mol. The molecule has 0 aliphatic carbocycles. The number of allylic oxidation sites excluding steroid dienone is 1. The quantitative estimate of drug-likeness (QED) is 0.513. The molecule has 0 radical (unpaired) electrons. The Morgan fingerprint density at radius 1 is 1.06 bits per heavy atom. The van der Waals surface area contributed by atoms with Gasteiger partial charge in [-0.1, -0.05) is 24.3 Å². The number of carbonyl (C=O) groups is 1. The summed E-state index contributed by atoms with van der Waals surface area (Å²) in [7, 11) is 0. The number of hydrogen-bond donors (Lipinski definition) is 0. The molecule has 0 saturated carbocycles. The zero-order valence-electron chi connectivity index (χ0n) is 18.6. The van der Waals surface area contributed by atoms with Crippen LogP contribution in [0, 0.1) is 0 Å². The van der Waals surface area contributed by atoms with E-state index in [0.29, 0.717) is 31.7 Å². The van der Waals surface area contributed by atoms with E-state index < -0.39 is 17.3 Å². The second kappa shape index (κ2) is 9.70. The second-order valence-corrected chi connectivity index (χ2v) is 8.17. The van der Waals surface area contributed by atoms with Crippen molar-refractivity contribution in [3.05, 3.63) is 82.8 Å². The highest BCUT2D eigenvalue weighted by atomic mass is 19.4. The van der Waals surface area contributed by atoms with Crippen LogP contribution in [0.25, 0.3) is 11.0 Å². The Kier molecular flexibility index (Phi) is 6.72. The molecule has 0 N–H and O–H groups in total. The number of aryl methyl sites for hydroxylation is 1. The molecule has 4 rings (SSSR count). The number of benzene rings is 2. The lowest BCUT2D eigenvalue weighted by atomic mass is 10.1. The molecule has 1 aliphatic rings. The fourth-order valence-corrected chi connectivity index (χ4v) is 4.19. The van der Waals surface area contributed by atoms with Gasteiger partial charge in [-0.2, -0.15) is 13.2 Å². The van der Waals surface area contributed by atoms with Crippen molar-refractivity contribution >= 4 is 22.6 Å². The van der Waals surface area contributed by atoms with Gasteiger partial charge in [0, 0.05) is 51.3 Å². The molecule has 1 saturated heterocycles. The van der Waals surface area contributed by atoms with Crippen LogP contribution in [0.5, 0.6) is 0 Å². The molecule has 0 unspecified atom stereocenters. The van der Waals surface area contributed by atoms with Crippen LogP contribution >= 0.6 is 0 Å². The van der Waals surface area contributed by atoms with E-state index >= 15 is 0 Å². The molecule has 6 nitrogen and oxygen atoms in total. The smallest absolute Gasteiger partial charge is 0.368 e. The number of carbonyl (C=O) groups excluding carboxylic acids is 1. The Hall–Kier alpha value is -3.62. The van der Waals surface area contributed by atoms with E-state index in [2.05, 4.69) is 16.5 Å². The molecule has 9 heteroatoms. The lowest BCUT2D eigenvalue weighted by Crippen LogP contribution is -2.48. The average Bonchev–Trinajstić information content (AvgIpc) is 2.84. The van der Waals surface area contributed by atoms with E-state index in [9.17, 15) is 22.8 Å². The standard InChI is InChI=1S/C25H25F3N4O2/c1-2-12-32-22-10-8-18(25(26,27)28)17-21(22)29-20(24(32)34)9-11-23(33)31-15-13-30(14-16-31)19-6-4-3-5-7-19/h2-8,10,17H,1,9,11-16H2. The molecule has 34 heavy (non-hydrogen) atoms. The number of para-hydroxylation sites is 1. The van der Waals surface area contributed by atoms with Gasteiger partial charge in [-0.05, 0) is 30.3 Å². The Balaban J connectivity index is 1.49. The third-order valence-electron chi connectivity index (χ3n) is 5.98. The van der Waals surface area contributed by atoms with Gasteiger partial charge in [0.1, 0.15) is 5.69 Å². The van der Waals surface area contributed by atoms with Crippen molar-refractivity contribution in [2.24, 2.45) is 0 Å². The van der Waals surface area contributed by atoms with E-state index in [1.54, 1.807) is 4.90 Å². The van der Waals surface area contributed by atoms with Crippen LogP contribution in [0.1, 0.15) is 17.7 Å². The first-order chi connectivity index (χ1) is 16.3. The molecule has 1 aliphatic heterocycles. The zero-order chi connectivity index (χ0) is 24.3. The monoisotopic (exact) mass is 470 g/mol. The molecule has 2 aromatic carbocycles. The molecule has 1 aromatic heterocycles. The van der Waals surface area contributed by atoms with E-state index in [0.717, 1.165) is 17.8 Å². The van der Waals surface area contributed by atoms with Gasteiger partial charge in [0.25, 0.3) is 5.56 Å². The normalized spacial score (nSPS) is 14.4. The third-order valence-corrected chi connectivity index (χ3v) is 5.98. The van der Waals surface area contributed by atoms with Crippen LogP contribution in [0.15, 0.2) is 66.0 Å². The summed E-state index contributed by atoms with van der Waals surface area (Å²) in [4.78, 5) is 33.9. The number of aromatic nitrogens is 2. The third kappa shape index (κ3) is 4.98. The van der Waals surface area contributed by atoms with Crippen molar-refractivity contribution in [1.82, 2.24) is 14.5 Å². The van der Waals surface area contributed by atoms with Crippen LogP contribution < -0.4 is 10.5 Å². The Morgan fingerprint density at radius 3 is 2.41 bits per heavy atom. The maximum Gasteiger partial charge on any atom is 0.416 e. The van der Waals surface area contributed by atoms with Gasteiger partial charge in [-0.25, -0.2) is 4.98 Å². The first-order valence-corrected chi connectivity index (χ1v) is 11.1. The van der Waals surface area contributed by atoms with Crippen LogP contribution in [0.3, 0.4) is 0 Å². The Morgan fingerprint density at radius 2 is 1.76 bits per heavy atom. The van der Waals surface area contributed by atoms with Gasteiger partial charge in [-0.3, -0.25) is 9.59 Å². The Bertz CT molecular complexity index is 1250. The summed E-state index contributed by atoms with van der Waals surface area (Å²) < 4.78 is 40.9. The first kappa shape index (κ1) is 23.5. The van der Waals surface area contributed by atoms with Crippen LogP contribution in [0.2, 0.25) is 0 Å². The van der Waals surface area contributed by atoms with E-state index in [-0.39, 0.29) is 36.5 Å². The van der Waals surface area contributed by atoms with Crippen molar-refractivity contribution in [1.29, 1.82) is 0 Å². The van der Waals surface area contributed by atoms with Gasteiger partial charge in [0.2, 0.25) is 5.91 Å². The first-order valence-electron chi connectivity index (χ1n) is 11.1. The summed E-state index contributed by atoms with van der Waals surface area (Å²) in [5, 5.41) is 0. The summed E-state index contributed by atoms with van der Waals surface area (Å²) >= 11 is 0. The summed E-state index contributed by atoms with van der Waals surface area (Å²) in [6, 6.07) is 13.1. The minimum Gasteiger partial charge on any atom is -0.368 e. The maximum absolute atomic E-state index is 13.2. The summed E-state index contributed by atoms with van der Waals surface area (Å²) in [6.45, 7) is 6.30. The molecular weight excluding hydrogens is 445 g/mol. The average molecular weight is 470 g/mol. The molecule has 0 atom stereocenters. The largest absolute Gasteiger partial charge is 0.416 e. The highest BCUT2D eigenvalue weighted by Gasteiger charge is 2.31. The molecular formula is C25H25F3N4O2. The van der Waals surface area contributed by atoms with Crippen molar-refractivity contribution < 1.29 is 18.0 Å². The Labute approximate surface area is 194 Å². The minimum absolute atomic E-state index is 0.0555. The predicted octanol–water partition coefficient (Wildman–Crippen LogP) is 3.88. The lowest BCUT2D eigenvalue weighted by Gasteiger charge is -2.36. The summed E-state index contributed by atoms with van der Waals surface area (Å²) in [5.74, 6) is -0.103. The SMILES string of the molecule is C=CCn1c(=O)c(CCC(=O)N2CCN(c3ccccc3)CC2)nc2cc(C(F)(F)F)ccc21. The number of alkyl halides is 3. The fraction of sp³-hybridized carbons (Fsp3) is 0.320. The second-order valence-electron chi connectivity index (χ2n) is 8.17. The highest BCUT2D eigenvalue weighted by Crippen LogP contribution is 2.30. The fourth-order valence-electron chi connectivity index (χ4n) is 4.19. The van der Waals surface area contributed by atoms with Crippen LogP contribution in [-0.2, 0) is 23.9 Å². The molecule has 178 valence electrons. The number of amides is 1. The molecule has 1 amide bonds. The van der Waals surface area contributed by atoms with Gasteiger partial charge in [0.05, 0.1) is 16.6 Å². The molecule has 0 spiro atoms. The van der Waals surface area contributed by atoms with Crippen molar-refractivity contribution in [2.45, 2.75) is 25.6 Å². The number of nitrogens with zero attached hydrogens (tertiary/aromatic N) is 4. The van der Waals surface area contributed by atoms with E-state index in [1.807, 2.05) is 30.3 Å². The van der Waals surface area contributed by atoms with Crippen LogP contribution in [-0.4, -0.2) is 46.5 Å².